The van der Waals surface area contributed by atoms with Crippen molar-refractivity contribution in [3.63, 3.8) is 0 Å². The fourth-order valence-electron chi connectivity index (χ4n) is 4.77. The van der Waals surface area contributed by atoms with Crippen LogP contribution in [0.15, 0.2) is 30.3 Å². The van der Waals surface area contributed by atoms with Crippen molar-refractivity contribution in [2.45, 2.75) is 105 Å². The van der Waals surface area contributed by atoms with Gasteiger partial charge in [0, 0.05) is 0 Å². The molecule has 2 rings (SSSR count). The highest BCUT2D eigenvalue weighted by atomic mass is 16.7. The molecule has 0 bridgehead atoms. The van der Waals surface area contributed by atoms with Crippen molar-refractivity contribution in [3.8, 4) is 16.9 Å². The molecule has 3 nitrogen and oxygen atoms in total. The normalized spacial score (nSPS) is 11.0. The minimum Gasteiger partial charge on any atom is -0.449 e. The Labute approximate surface area is 195 Å². The lowest BCUT2D eigenvalue weighted by molar-refractivity contribution is 0.144. The van der Waals surface area contributed by atoms with Crippen molar-refractivity contribution >= 4 is 6.16 Å². The van der Waals surface area contributed by atoms with Gasteiger partial charge >= 0.3 is 6.16 Å². The van der Waals surface area contributed by atoms with E-state index in [2.05, 4.69) is 52.0 Å². The zero-order valence-corrected chi connectivity index (χ0v) is 20.6. The van der Waals surface area contributed by atoms with Gasteiger partial charge in [-0.05, 0) is 78.0 Å². The van der Waals surface area contributed by atoms with Crippen molar-refractivity contribution in [3.05, 3.63) is 52.6 Å². The van der Waals surface area contributed by atoms with Crippen molar-refractivity contribution < 1.29 is 14.6 Å². The Hall–Kier alpha value is -2.29. The minimum atomic E-state index is -1.23. The molecule has 0 aliphatic carbocycles. The molecule has 0 spiro atoms. The molecular weight excluding hydrogens is 396 g/mol. The molecule has 0 aromatic heterocycles. The number of benzene rings is 2. The van der Waals surface area contributed by atoms with Crippen LogP contribution >= 0.6 is 0 Å². The Balaban J connectivity index is 2.60. The molecule has 0 amide bonds. The van der Waals surface area contributed by atoms with Crippen molar-refractivity contribution in [2.75, 3.05) is 0 Å². The van der Waals surface area contributed by atoms with E-state index in [-0.39, 0.29) is 0 Å². The second-order valence-corrected chi connectivity index (χ2v) is 8.71. The van der Waals surface area contributed by atoms with E-state index in [0.29, 0.717) is 5.75 Å². The molecule has 176 valence electrons. The Morgan fingerprint density at radius 2 is 1.34 bits per heavy atom. The molecule has 0 heterocycles. The first-order valence-corrected chi connectivity index (χ1v) is 12.7. The zero-order chi connectivity index (χ0) is 23.3. The summed E-state index contributed by atoms with van der Waals surface area (Å²) in [5, 5.41) is 9.35. The Kier molecular flexibility index (Phi) is 11.3. The van der Waals surface area contributed by atoms with Gasteiger partial charge in [-0.25, -0.2) is 4.79 Å². The molecule has 0 aliphatic rings. The van der Waals surface area contributed by atoms with Crippen molar-refractivity contribution in [1.82, 2.24) is 0 Å². The average Bonchev–Trinajstić information content (AvgIpc) is 2.79. The van der Waals surface area contributed by atoms with E-state index in [4.69, 9.17) is 4.74 Å². The first-order chi connectivity index (χ1) is 15.6. The Bertz CT molecular complexity index is 854. The Morgan fingerprint density at radius 1 is 0.719 bits per heavy atom. The summed E-state index contributed by atoms with van der Waals surface area (Å²) >= 11 is 0. The lowest BCUT2D eigenvalue weighted by atomic mass is 9.85. The number of carboxylic acid groups (broad SMARTS) is 1. The fourth-order valence-corrected chi connectivity index (χ4v) is 4.77. The van der Waals surface area contributed by atoms with Crippen LogP contribution in [-0.2, 0) is 25.7 Å². The quantitative estimate of drug-likeness (QED) is 0.182. The SMILES string of the molecule is CCCCCCc1c(OC(=O)O)ccc(-c2cccc(CC)c2CC)c1CCCCCC. The van der Waals surface area contributed by atoms with Crippen LogP contribution in [0.3, 0.4) is 0 Å². The fraction of sp³-hybridized carbons (Fsp3) is 0.552. The molecule has 0 fully saturated rings. The first kappa shape index (κ1) is 26.0. The largest absolute Gasteiger partial charge is 0.511 e. The maximum absolute atomic E-state index is 11.4. The van der Waals surface area contributed by atoms with Crippen LogP contribution in [0.1, 0.15) is 101 Å². The van der Waals surface area contributed by atoms with Gasteiger partial charge in [0.2, 0.25) is 0 Å². The van der Waals surface area contributed by atoms with Crippen LogP contribution in [-0.4, -0.2) is 11.3 Å². The second-order valence-electron chi connectivity index (χ2n) is 8.71. The average molecular weight is 439 g/mol. The summed E-state index contributed by atoms with van der Waals surface area (Å²) in [7, 11) is 0. The number of carbonyl (C=O) groups is 1. The molecule has 0 aliphatic heterocycles. The predicted octanol–water partition coefficient (Wildman–Crippen LogP) is 8.78. The number of rotatable bonds is 14. The van der Waals surface area contributed by atoms with E-state index in [1.165, 1.54) is 59.9 Å². The third kappa shape index (κ3) is 7.12. The van der Waals surface area contributed by atoms with E-state index < -0.39 is 6.16 Å². The third-order valence-electron chi connectivity index (χ3n) is 6.44. The third-order valence-corrected chi connectivity index (χ3v) is 6.44. The number of hydrogen-bond acceptors (Lipinski definition) is 2. The van der Waals surface area contributed by atoms with Crippen LogP contribution in [0, 0.1) is 0 Å². The topological polar surface area (TPSA) is 46.5 Å². The van der Waals surface area contributed by atoms with Gasteiger partial charge in [-0.2, -0.15) is 0 Å². The van der Waals surface area contributed by atoms with E-state index in [9.17, 15) is 9.90 Å². The summed E-state index contributed by atoms with van der Waals surface area (Å²) in [4.78, 5) is 11.4. The van der Waals surface area contributed by atoms with Crippen LogP contribution in [0.4, 0.5) is 4.79 Å². The minimum absolute atomic E-state index is 0.521. The van der Waals surface area contributed by atoms with Crippen molar-refractivity contribution in [2.24, 2.45) is 0 Å². The van der Waals surface area contributed by atoms with Gasteiger partial charge in [-0.15, -0.1) is 0 Å². The number of hydrogen-bond donors (Lipinski definition) is 1. The molecule has 0 radical (unpaired) electrons. The lowest BCUT2D eigenvalue weighted by Gasteiger charge is -2.21. The lowest BCUT2D eigenvalue weighted by Crippen LogP contribution is -2.09. The molecular formula is C29H42O3. The molecule has 2 aromatic rings. The van der Waals surface area contributed by atoms with Crippen LogP contribution in [0.2, 0.25) is 0 Å². The highest BCUT2D eigenvalue weighted by Gasteiger charge is 2.19. The molecule has 32 heavy (non-hydrogen) atoms. The van der Waals surface area contributed by atoms with Gasteiger partial charge in [0.05, 0.1) is 0 Å². The van der Waals surface area contributed by atoms with E-state index in [0.717, 1.165) is 50.5 Å². The predicted molar refractivity (Wildman–Crippen MR) is 135 cm³/mol. The summed E-state index contributed by atoms with van der Waals surface area (Å²) < 4.78 is 5.28. The summed E-state index contributed by atoms with van der Waals surface area (Å²) in [5.41, 5.74) is 7.76. The van der Waals surface area contributed by atoms with E-state index in [1.807, 2.05) is 6.07 Å². The van der Waals surface area contributed by atoms with Gasteiger partial charge in [0.1, 0.15) is 5.75 Å². The molecule has 0 unspecified atom stereocenters. The van der Waals surface area contributed by atoms with Crippen molar-refractivity contribution in [1.29, 1.82) is 0 Å². The molecule has 0 saturated carbocycles. The summed E-state index contributed by atoms with van der Waals surface area (Å²) in [6.07, 6.45) is 12.0. The summed E-state index contributed by atoms with van der Waals surface area (Å²) in [6.45, 7) is 8.89. The van der Waals surface area contributed by atoms with E-state index in [1.54, 1.807) is 0 Å². The number of ether oxygens (including phenoxy) is 1. The summed E-state index contributed by atoms with van der Waals surface area (Å²) in [6, 6.07) is 10.6. The highest BCUT2D eigenvalue weighted by Crippen LogP contribution is 2.37. The standard InChI is InChI=1S/C29H42O3/c1-5-9-11-13-17-25-26(24-19-15-16-22(7-3)23(24)8-4)20-21-28(32-29(30)31)27(25)18-14-12-10-6-2/h15-16,19-21H,5-14,17-18H2,1-4H3,(H,30,31). The monoisotopic (exact) mass is 438 g/mol. The maximum atomic E-state index is 11.4. The highest BCUT2D eigenvalue weighted by molar-refractivity contribution is 5.75. The summed E-state index contributed by atoms with van der Waals surface area (Å²) in [5.74, 6) is 0.521. The van der Waals surface area contributed by atoms with Crippen LogP contribution < -0.4 is 4.74 Å². The molecule has 0 atom stereocenters. The van der Waals surface area contributed by atoms with Crippen LogP contribution in [0.5, 0.6) is 5.75 Å². The Morgan fingerprint density at radius 3 is 1.91 bits per heavy atom. The van der Waals surface area contributed by atoms with Gasteiger partial charge in [-0.3, -0.25) is 0 Å². The number of unbranched alkanes of at least 4 members (excludes halogenated alkanes) is 6. The number of aryl methyl sites for hydroxylation is 1. The maximum Gasteiger partial charge on any atom is 0.511 e. The van der Waals surface area contributed by atoms with Gasteiger partial charge < -0.3 is 9.84 Å². The smallest absolute Gasteiger partial charge is 0.449 e. The van der Waals surface area contributed by atoms with Gasteiger partial charge in [-0.1, -0.05) is 90.5 Å². The second kappa shape index (κ2) is 14.0. The first-order valence-electron chi connectivity index (χ1n) is 12.7. The van der Waals surface area contributed by atoms with Gasteiger partial charge in [0.25, 0.3) is 0 Å². The molecule has 2 aromatic carbocycles. The molecule has 1 N–H and O–H groups in total. The van der Waals surface area contributed by atoms with E-state index >= 15 is 0 Å². The van der Waals surface area contributed by atoms with Gasteiger partial charge in [0.15, 0.2) is 0 Å². The zero-order valence-electron chi connectivity index (χ0n) is 20.6. The molecule has 3 heteroatoms. The van der Waals surface area contributed by atoms with Crippen LogP contribution in [0.25, 0.3) is 11.1 Å². The molecule has 0 saturated heterocycles.